The van der Waals surface area contributed by atoms with Crippen LogP contribution in [0.15, 0.2) is 0 Å². The topological polar surface area (TPSA) is 20.2 Å². The minimum absolute atomic E-state index is 0.552. The Balaban J connectivity index is 1.77. The third-order valence-corrected chi connectivity index (χ3v) is 5.03. The van der Waals surface area contributed by atoms with Crippen LogP contribution in [-0.2, 0) is 0 Å². The van der Waals surface area contributed by atoms with E-state index < -0.39 is 12.3 Å². The molecule has 2 saturated carbocycles. The molecule has 0 aromatic rings. The van der Waals surface area contributed by atoms with Crippen molar-refractivity contribution in [1.82, 2.24) is 0 Å². The van der Waals surface area contributed by atoms with E-state index in [2.05, 4.69) is 6.92 Å². The highest BCUT2D eigenvalue weighted by atomic mass is 19.1. The molecule has 2 fully saturated rings. The Morgan fingerprint density at radius 2 is 1.65 bits per heavy atom. The second kappa shape index (κ2) is 6.17. The molecule has 2 aliphatic rings. The Labute approximate surface area is 105 Å². The van der Waals surface area contributed by atoms with Gasteiger partial charge in [0.15, 0.2) is 0 Å². The molecular formula is C15H27FO. The molecule has 3 unspecified atom stereocenters. The van der Waals surface area contributed by atoms with E-state index in [1.54, 1.807) is 0 Å². The van der Waals surface area contributed by atoms with Crippen molar-refractivity contribution in [2.75, 3.05) is 0 Å². The molecule has 2 heteroatoms. The van der Waals surface area contributed by atoms with E-state index in [1.807, 2.05) is 0 Å². The quantitative estimate of drug-likeness (QED) is 0.790. The summed E-state index contributed by atoms with van der Waals surface area (Å²) in [5.41, 5.74) is 0. The fraction of sp³-hybridized carbons (Fsp3) is 1.00. The second-order valence-corrected chi connectivity index (χ2v) is 6.23. The van der Waals surface area contributed by atoms with Crippen LogP contribution in [0.3, 0.4) is 0 Å². The summed E-state index contributed by atoms with van der Waals surface area (Å²) in [7, 11) is 0. The smallest absolute Gasteiger partial charge is 0.126 e. The van der Waals surface area contributed by atoms with E-state index in [0.29, 0.717) is 18.8 Å². The Kier molecular flexibility index (Phi) is 4.84. The van der Waals surface area contributed by atoms with Crippen molar-refractivity contribution >= 4 is 0 Å². The van der Waals surface area contributed by atoms with Gasteiger partial charge in [-0.3, -0.25) is 0 Å². The summed E-state index contributed by atoms with van der Waals surface area (Å²) in [5.74, 6) is 2.23. The molecule has 0 radical (unpaired) electrons. The molecule has 3 atom stereocenters. The van der Waals surface area contributed by atoms with Crippen LogP contribution in [0.2, 0.25) is 0 Å². The van der Waals surface area contributed by atoms with Gasteiger partial charge in [0, 0.05) is 0 Å². The van der Waals surface area contributed by atoms with Crippen molar-refractivity contribution in [1.29, 1.82) is 0 Å². The van der Waals surface area contributed by atoms with E-state index in [1.165, 1.54) is 38.5 Å². The largest absolute Gasteiger partial charge is 0.390 e. The van der Waals surface area contributed by atoms with E-state index in [9.17, 15) is 9.50 Å². The summed E-state index contributed by atoms with van der Waals surface area (Å²) in [5, 5.41) is 9.43. The van der Waals surface area contributed by atoms with Crippen molar-refractivity contribution in [3.05, 3.63) is 0 Å². The van der Waals surface area contributed by atoms with Crippen LogP contribution < -0.4 is 0 Å². The molecular weight excluding hydrogens is 215 g/mol. The number of halogens is 1. The summed E-state index contributed by atoms with van der Waals surface area (Å²) < 4.78 is 13.5. The standard InChI is InChI=1S/C15H27FO/c1-2-3-11-4-6-12(7-5-11)13-8-9-15(17)14(16)10-13/h11-15,17H,2-10H2,1H3. The second-order valence-electron chi connectivity index (χ2n) is 6.23. The molecule has 2 aliphatic carbocycles. The van der Waals surface area contributed by atoms with Crippen LogP contribution in [-0.4, -0.2) is 17.4 Å². The van der Waals surface area contributed by atoms with Crippen LogP contribution in [0.1, 0.15) is 64.7 Å². The molecule has 0 spiro atoms. The Hall–Kier alpha value is -0.110. The lowest BCUT2D eigenvalue weighted by Crippen LogP contribution is -2.34. The molecule has 100 valence electrons. The van der Waals surface area contributed by atoms with Gasteiger partial charge in [-0.15, -0.1) is 0 Å². The van der Waals surface area contributed by atoms with Gasteiger partial charge in [-0.25, -0.2) is 4.39 Å². The summed E-state index contributed by atoms with van der Waals surface area (Å²) in [6.45, 7) is 2.27. The minimum Gasteiger partial charge on any atom is -0.390 e. The lowest BCUT2D eigenvalue weighted by Gasteiger charge is -2.38. The maximum absolute atomic E-state index is 13.5. The molecule has 0 amide bonds. The van der Waals surface area contributed by atoms with E-state index in [-0.39, 0.29) is 0 Å². The van der Waals surface area contributed by atoms with Crippen molar-refractivity contribution in [2.24, 2.45) is 17.8 Å². The molecule has 1 nitrogen and oxygen atoms in total. The average Bonchev–Trinajstić information content (AvgIpc) is 2.34. The molecule has 0 heterocycles. The predicted octanol–water partition coefficient (Wildman–Crippen LogP) is 4.09. The van der Waals surface area contributed by atoms with E-state index in [0.717, 1.165) is 18.3 Å². The predicted molar refractivity (Wildman–Crippen MR) is 68.6 cm³/mol. The van der Waals surface area contributed by atoms with Crippen molar-refractivity contribution < 1.29 is 9.50 Å². The zero-order valence-corrected chi connectivity index (χ0v) is 11.1. The third kappa shape index (κ3) is 3.43. The van der Waals surface area contributed by atoms with Gasteiger partial charge in [0.1, 0.15) is 6.17 Å². The SMILES string of the molecule is CCCC1CCC(C2CCC(O)C(F)C2)CC1. The lowest BCUT2D eigenvalue weighted by atomic mass is 9.69. The summed E-state index contributed by atoms with van der Waals surface area (Å²) in [6.07, 6.45) is 8.71. The maximum Gasteiger partial charge on any atom is 0.126 e. The number of aliphatic hydroxyl groups excluding tert-OH is 1. The van der Waals surface area contributed by atoms with Crippen LogP contribution in [0.25, 0.3) is 0 Å². The van der Waals surface area contributed by atoms with Gasteiger partial charge >= 0.3 is 0 Å². The highest BCUT2D eigenvalue weighted by molar-refractivity contribution is 4.85. The highest BCUT2D eigenvalue weighted by Crippen LogP contribution is 2.41. The van der Waals surface area contributed by atoms with Gasteiger partial charge in [0.05, 0.1) is 6.10 Å². The normalized spacial score (nSPS) is 43.6. The molecule has 1 N–H and O–H groups in total. The Bertz CT molecular complexity index is 223. The lowest BCUT2D eigenvalue weighted by molar-refractivity contribution is 0.00537. The number of hydrogen-bond acceptors (Lipinski definition) is 1. The molecule has 0 bridgehead atoms. The first-order valence-electron chi connectivity index (χ1n) is 7.52. The first kappa shape index (κ1) is 13.3. The number of aliphatic hydroxyl groups is 1. The van der Waals surface area contributed by atoms with Gasteiger partial charge in [0.2, 0.25) is 0 Å². The number of hydrogen-bond donors (Lipinski definition) is 1. The summed E-state index contributed by atoms with van der Waals surface area (Å²) >= 11 is 0. The molecule has 0 aromatic carbocycles. The van der Waals surface area contributed by atoms with Crippen molar-refractivity contribution in [3.8, 4) is 0 Å². The van der Waals surface area contributed by atoms with Crippen LogP contribution in [0.5, 0.6) is 0 Å². The van der Waals surface area contributed by atoms with E-state index in [4.69, 9.17) is 0 Å². The monoisotopic (exact) mass is 242 g/mol. The van der Waals surface area contributed by atoms with Crippen LogP contribution in [0.4, 0.5) is 4.39 Å². The van der Waals surface area contributed by atoms with Gasteiger partial charge in [-0.1, -0.05) is 32.6 Å². The van der Waals surface area contributed by atoms with Crippen LogP contribution in [0, 0.1) is 17.8 Å². The highest BCUT2D eigenvalue weighted by Gasteiger charge is 2.34. The summed E-state index contributed by atoms with van der Waals surface area (Å²) in [4.78, 5) is 0. The Morgan fingerprint density at radius 3 is 2.24 bits per heavy atom. The summed E-state index contributed by atoms with van der Waals surface area (Å²) in [6, 6.07) is 0. The molecule has 17 heavy (non-hydrogen) atoms. The number of rotatable bonds is 3. The maximum atomic E-state index is 13.5. The van der Waals surface area contributed by atoms with Gasteiger partial charge < -0.3 is 5.11 Å². The van der Waals surface area contributed by atoms with Crippen molar-refractivity contribution in [2.45, 2.75) is 77.0 Å². The van der Waals surface area contributed by atoms with E-state index >= 15 is 0 Å². The first-order chi connectivity index (χ1) is 8.20. The fourth-order valence-electron chi connectivity index (χ4n) is 3.91. The third-order valence-electron chi connectivity index (χ3n) is 5.03. The van der Waals surface area contributed by atoms with Gasteiger partial charge in [-0.2, -0.15) is 0 Å². The molecule has 0 saturated heterocycles. The molecule has 2 rings (SSSR count). The van der Waals surface area contributed by atoms with Gasteiger partial charge in [0.25, 0.3) is 0 Å². The first-order valence-corrected chi connectivity index (χ1v) is 7.52. The van der Waals surface area contributed by atoms with Crippen LogP contribution >= 0.6 is 0 Å². The molecule has 0 aromatic heterocycles. The fourth-order valence-corrected chi connectivity index (χ4v) is 3.91. The number of alkyl halides is 1. The zero-order chi connectivity index (χ0) is 12.3. The molecule has 0 aliphatic heterocycles. The zero-order valence-electron chi connectivity index (χ0n) is 11.1. The van der Waals surface area contributed by atoms with Crippen molar-refractivity contribution in [3.63, 3.8) is 0 Å². The minimum atomic E-state index is -0.956. The van der Waals surface area contributed by atoms with Gasteiger partial charge in [-0.05, 0) is 49.9 Å². The Morgan fingerprint density at radius 1 is 1.00 bits per heavy atom. The average molecular weight is 242 g/mol.